The predicted octanol–water partition coefficient (Wildman–Crippen LogP) is 7.37. The molecule has 0 unspecified atom stereocenters. The molecular formula is C26H19F3N2. The van der Waals surface area contributed by atoms with E-state index >= 15 is 0 Å². The number of rotatable bonds is 4. The lowest BCUT2D eigenvalue weighted by Gasteiger charge is -2.12. The predicted molar refractivity (Wildman–Crippen MR) is 115 cm³/mol. The maximum Gasteiger partial charge on any atom is 0.416 e. The van der Waals surface area contributed by atoms with Crippen molar-refractivity contribution in [3.63, 3.8) is 0 Å². The number of hydrogen-bond donors (Lipinski definition) is 0. The van der Waals surface area contributed by atoms with Crippen molar-refractivity contribution in [2.75, 3.05) is 0 Å². The number of benzene rings is 2. The third-order valence-electron chi connectivity index (χ3n) is 5.54. The van der Waals surface area contributed by atoms with E-state index in [0.29, 0.717) is 5.92 Å². The summed E-state index contributed by atoms with van der Waals surface area (Å²) in [6, 6.07) is 21.3. The van der Waals surface area contributed by atoms with Crippen LogP contribution < -0.4 is 0 Å². The summed E-state index contributed by atoms with van der Waals surface area (Å²) in [7, 11) is 0. The lowest BCUT2D eigenvalue weighted by Crippen LogP contribution is -2.04. The number of alkyl halides is 3. The van der Waals surface area contributed by atoms with Gasteiger partial charge in [0, 0.05) is 35.1 Å². The Morgan fingerprint density at radius 1 is 0.710 bits per heavy atom. The highest BCUT2D eigenvalue weighted by Crippen LogP contribution is 2.41. The molecule has 5 rings (SSSR count). The number of halogens is 3. The van der Waals surface area contributed by atoms with Crippen LogP contribution in [0.15, 0.2) is 85.2 Å². The van der Waals surface area contributed by atoms with Crippen molar-refractivity contribution in [2.45, 2.75) is 24.9 Å². The third kappa shape index (κ3) is 4.22. The van der Waals surface area contributed by atoms with Crippen LogP contribution in [0.5, 0.6) is 0 Å². The second kappa shape index (κ2) is 7.65. The van der Waals surface area contributed by atoms with E-state index in [0.717, 1.165) is 64.2 Å². The maximum atomic E-state index is 12.9. The molecule has 2 heterocycles. The van der Waals surface area contributed by atoms with Gasteiger partial charge in [0.15, 0.2) is 0 Å². The Labute approximate surface area is 178 Å². The highest BCUT2D eigenvalue weighted by molar-refractivity contribution is 5.75. The van der Waals surface area contributed by atoms with E-state index in [9.17, 15) is 13.2 Å². The van der Waals surface area contributed by atoms with Gasteiger partial charge in [-0.2, -0.15) is 13.2 Å². The molecule has 0 N–H and O–H groups in total. The average Bonchev–Trinajstić information content (AvgIpc) is 3.65. The van der Waals surface area contributed by atoms with Crippen LogP contribution >= 0.6 is 0 Å². The Kier molecular flexibility index (Phi) is 4.81. The van der Waals surface area contributed by atoms with Crippen molar-refractivity contribution in [3.05, 3.63) is 96.4 Å². The summed E-state index contributed by atoms with van der Waals surface area (Å²) in [6.45, 7) is 0. The van der Waals surface area contributed by atoms with E-state index in [1.54, 1.807) is 6.20 Å². The van der Waals surface area contributed by atoms with Crippen molar-refractivity contribution in [1.29, 1.82) is 0 Å². The van der Waals surface area contributed by atoms with Gasteiger partial charge in [-0.15, -0.1) is 0 Å². The smallest absolute Gasteiger partial charge is 0.264 e. The first-order chi connectivity index (χ1) is 15.0. The molecule has 1 aliphatic rings. The Morgan fingerprint density at radius 2 is 1.45 bits per heavy atom. The fourth-order valence-corrected chi connectivity index (χ4v) is 3.70. The standard InChI is InChI=1S/C26H19F3N2/c27-26(28,29)23-10-8-17(9-11-23)22-14-24(18-6-7-18)31-25(15-22)20-4-1-3-19(13-20)21-5-2-12-30-16-21/h1-5,8-16,18H,6-7H2. The van der Waals surface area contributed by atoms with Crippen LogP contribution in [0.1, 0.15) is 30.0 Å². The molecule has 0 aliphatic heterocycles. The van der Waals surface area contributed by atoms with Crippen molar-refractivity contribution in [2.24, 2.45) is 0 Å². The van der Waals surface area contributed by atoms with Gasteiger partial charge < -0.3 is 0 Å². The Bertz CT molecular complexity index is 1210. The van der Waals surface area contributed by atoms with Gasteiger partial charge in [0.2, 0.25) is 0 Å². The van der Waals surface area contributed by atoms with Crippen LogP contribution in [0.2, 0.25) is 0 Å². The zero-order valence-corrected chi connectivity index (χ0v) is 16.6. The summed E-state index contributed by atoms with van der Waals surface area (Å²) in [5.41, 5.74) is 5.85. The summed E-state index contributed by atoms with van der Waals surface area (Å²) in [5, 5.41) is 0. The molecule has 154 valence electrons. The van der Waals surface area contributed by atoms with E-state index in [-0.39, 0.29) is 0 Å². The van der Waals surface area contributed by atoms with E-state index in [2.05, 4.69) is 11.1 Å². The molecule has 2 aromatic heterocycles. The minimum atomic E-state index is -4.34. The van der Waals surface area contributed by atoms with Crippen LogP contribution in [0.3, 0.4) is 0 Å². The number of aromatic nitrogens is 2. The van der Waals surface area contributed by atoms with E-state index in [4.69, 9.17) is 4.98 Å². The first kappa shape index (κ1) is 19.5. The summed E-state index contributed by atoms with van der Waals surface area (Å²) in [4.78, 5) is 9.08. The summed E-state index contributed by atoms with van der Waals surface area (Å²) in [5.74, 6) is 0.426. The quantitative estimate of drug-likeness (QED) is 0.347. The fourth-order valence-electron chi connectivity index (χ4n) is 3.70. The van der Waals surface area contributed by atoms with Gasteiger partial charge in [-0.25, -0.2) is 0 Å². The van der Waals surface area contributed by atoms with Crippen molar-refractivity contribution in [3.8, 4) is 33.5 Å². The van der Waals surface area contributed by atoms with Gasteiger partial charge in [-0.3, -0.25) is 9.97 Å². The number of pyridine rings is 2. The van der Waals surface area contributed by atoms with Crippen LogP contribution in [0.4, 0.5) is 13.2 Å². The maximum absolute atomic E-state index is 12.9. The summed E-state index contributed by atoms with van der Waals surface area (Å²) < 4.78 is 38.8. The molecule has 0 radical (unpaired) electrons. The molecule has 5 heteroatoms. The lowest BCUT2D eigenvalue weighted by molar-refractivity contribution is -0.137. The van der Waals surface area contributed by atoms with Crippen LogP contribution in [-0.2, 0) is 6.18 Å². The monoisotopic (exact) mass is 416 g/mol. The SMILES string of the molecule is FC(F)(F)c1ccc(-c2cc(-c3cccc(-c4cccnc4)c3)nc(C3CC3)c2)cc1. The zero-order valence-electron chi connectivity index (χ0n) is 16.6. The van der Waals surface area contributed by atoms with Gasteiger partial charge >= 0.3 is 6.18 Å². The zero-order chi connectivity index (χ0) is 21.4. The highest BCUT2D eigenvalue weighted by Gasteiger charge is 2.30. The molecule has 1 saturated carbocycles. The molecule has 2 aromatic carbocycles. The molecule has 0 atom stereocenters. The van der Waals surface area contributed by atoms with Gasteiger partial charge in [-0.1, -0.05) is 36.4 Å². The van der Waals surface area contributed by atoms with Crippen molar-refractivity contribution < 1.29 is 13.2 Å². The number of hydrogen-bond acceptors (Lipinski definition) is 2. The highest BCUT2D eigenvalue weighted by atomic mass is 19.4. The Hall–Kier alpha value is -3.47. The van der Waals surface area contributed by atoms with E-state index < -0.39 is 11.7 Å². The first-order valence-corrected chi connectivity index (χ1v) is 10.2. The first-order valence-electron chi connectivity index (χ1n) is 10.2. The second-order valence-corrected chi connectivity index (χ2v) is 7.84. The molecule has 0 spiro atoms. The topological polar surface area (TPSA) is 25.8 Å². The van der Waals surface area contributed by atoms with Crippen LogP contribution in [-0.4, -0.2) is 9.97 Å². The van der Waals surface area contributed by atoms with Gasteiger partial charge in [0.1, 0.15) is 0 Å². The Morgan fingerprint density at radius 3 is 2.13 bits per heavy atom. The molecular weight excluding hydrogens is 397 g/mol. The van der Waals surface area contributed by atoms with Crippen LogP contribution in [0.25, 0.3) is 33.5 Å². The molecule has 1 fully saturated rings. The Balaban J connectivity index is 1.57. The molecule has 2 nitrogen and oxygen atoms in total. The van der Waals surface area contributed by atoms with E-state index in [1.807, 2.05) is 48.7 Å². The van der Waals surface area contributed by atoms with E-state index in [1.165, 1.54) is 12.1 Å². The number of nitrogens with zero attached hydrogens (tertiary/aromatic N) is 2. The second-order valence-electron chi connectivity index (χ2n) is 7.84. The normalized spacial score (nSPS) is 13.9. The largest absolute Gasteiger partial charge is 0.416 e. The molecule has 0 amide bonds. The summed E-state index contributed by atoms with van der Waals surface area (Å²) >= 11 is 0. The molecule has 4 aromatic rings. The average molecular weight is 416 g/mol. The molecule has 31 heavy (non-hydrogen) atoms. The fraction of sp³-hybridized carbons (Fsp3) is 0.154. The van der Waals surface area contributed by atoms with Crippen molar-refractivity contribution in [1.82, 2.24) is 9.97 Å². The van der Waals surface area contributed by atoms with Gasteiger partial charge in [-0.05, 0) is 65.9 Å². The molecule has 0 bridgehead atoms. The molecule has 0 saturated heterocycles. The van der Waals surface area contributed by atoms with Gasteiger partial charge in [0.25, 0.3) is 0 Å². The summed E-state index contributed by atoms with van der Waals surface area (Å²) in [6.07, 6.45) is 1.41. The van der Waals surface area contributed by atoms with Crippen LogP contribution in [0, 0.1) is 0 Å². The minimum absolute atomic E-state index is 0.426. The third-order valence-corrected chi connectivity index (χ3v) is 5.54. The van der Waals surface area contributed by atoms with Crippen molar-refractivity contribution >= 4 is 0 Å². The lowest BCUT2D eigenvalue weighted by atomic mass is 9.98. The van der Waals surface area contributed by atoms with Gasteiger partial charge in [0.05, 0.1) is 11.3 Å². The molecule has 1 aliphatic carbocycles. The minimum Gasteiger partial charge on any atom is -0.264 e.